The van der Waals surface area contributed by atoms with Crippen LogP contribution in [0.25, 0.3) is 0 Å². The van der Waals surface area contributed by atoms with Gasteiger partial charge in [-0.05, 0) is 24.3 Å². The first-order chi connectivity index (χ1) is 11.4. The van der Waals surface area contributed by atoms with Crippen molar-refractivity contribution >= 4 is 41.3 Å². The van der Waals surface area contributed by atoms with E-state index in [9.17, 15) is 0 Å². The number of hydrogen-bond acceptors (Lipinski definition) is 5. The van der Waals surface area contributed by atoms with Crippen molar-refractivity contribution in [3.63, 3.8) is 0 Å². The molecule has 1 aliphatic rings. The van der Waals surface area contributed by atoms with Crippen LogP contribution in [-0.2, 0) is 20.8 Å². The van der Waals surface area contributed by atoms with Gasteiger partial charge in [0.15, 0.2) is 5.96 Å². The third-order valence-electron chi connectivity index (χ3n) is 3.44. The summed E-state index contributed by atoms with van der Waals surface area (Å²) in [7, 11) is 1.69. The van der Waals surface area contributed by atoms with E-state index in [1.54, 1.807) is 18.4 Å². The Labute approximate surface area is 165 Å². The molecule has 24 heavy (non-hydrogen) atoms. The van der Waals surface area contributed by atoms with Gasteiger partial charge in [0.2, 0.25) is 0 Å². The van der Waals surface area contributed by atoms with Crippen LogP contribution in [-0.4, -0.2) is 58.7 Å². The summed E-state index contributed by atoms with van der Waals surface area (Å²) < 4.78 is 16.2. The molecule has 0 bridgehead atoms. The Morgan fingerprint density at radius 2 is 2.21 bits per heavy atom. The summed E-state index contributed by atoms with van der Waals surface area (Å²) in [6, 6.07) is 4.13. The van der Waals surface area contributed by atoms with Gasteiger partial charge in [-0.3, -0.25) is 0 Å². The lowest BCUT2D eigenvalue weighted by molar-refractivity contribution is 0.0191. The average molecular weight is 469 g/mol. The smallest absolute Gasteiger partial charge is 0.191 e. The first kappa shape index (κ1) is 21.6. The van der Waals surface area contributed by atoms with Crippen LogP contribution in [0.3, 0.4) is 0 Å². The zero-order valence-corrected chi connectivity index (χ0v) is 17.3. The molecule has 0 amide bonds. The van der Waals surface area contributed by atoms with Crippen molar-refractivity contribution in [3.05, 3.63) is 22.4 Å². The topological polar surface area (TPSA) is 64.1 Å². The minimum absolute atomic E-state index is 0. The van der Waals surface area contributed by atoms with Gasteiger partial charge in [-0.25, -0.2) is 4.99 Å². The summed E-state index contributed by atoms with van der Waals surface area (Å²) >= 11 is 1.71. The second-order valence-electron chi connectivity index (χ2n) is 5.30. The largest absolute Gasteiger partial charge is 0.383 e. The molecule has 138 valence electrons. The van der Waals surface area contributed by atoms with Crippen LogP contribution in [0.1, 0.15) is 17.7 Å². The zero-order valence-electron chi connectivity index (χ0n) is 14.2. The number of aliphatic imine (C=N–C) groups is 1. The van der Waals surface area contributed by atoms with E-state index in [0.717, 1.165) is 38.5 Å². The van der Waals surface area contributed by atoms with Crippen molar-refractivity contribution in [1.29, 1.82) is 0 Å². The van der Waals surface area contributed by atoms with E-state index in [2.05, 4.69) is 27.1 Å². The van der Waals surface area contributed by atoms with Crippen molar-refractivity contribution in [2.45, 2.75) is 25.5 Å². The maximum absolute atomic E-state index is 5.65. The number of methoxy groups -OCH3 is 1. The monoisotopic (exact) mass is 469 g/mol. The lowest BCUT2D eigenvalue weighted by Gasteiger charge is -2.13. The molecule has 0 aromatic carbocycles. The second kappa shape index (κ2) is 13.8. The van der Waals surface area contributed by atoms with Crippen LogP contribution >= 0.6 is 35.3 Å². The van der Waals surface area contributed by atoms with E-state index >= 15 is 0 Å². The van der Waals surface area contributed by atoms with Crippen LogP contribution in [0.2, 0.25) is 0 Å². The van der Waals surface area contributed by atoms with Crippen LogP contribution in [0.4, 0.5) is 0 Å². The van der Waals surface area contributed by atoms with Gasteiger partial charge >= 0.3 is 0 Å². The Hall–Kier alpha value is -0.420. The first-order valence-electron chi connectivity index (χ1n) is 8.11. The summed E-state index contributed by atoms with van der Waals surface area (Å²) in [6.45, 7) is 4.96. The summed E-state index contributed by atoms with van der Waals surface area (Å²) in [6.07, 6.45) is 2.54. The first-order valence-corrected chi connectivity index (χ1v) is 8.99. The zero-order chi connectivity index (χ0) is 16.2. The third-order valence-corrected chi connectivity index (χ3v) is 4.30. The standard InChI is InChI=1S/C16H27N3O3S.HI/c1-20-9-6-17-16(19-12-15-5-3-11-23-15)18-7-10-21-13-14-4-2-8-22-14;/h3,5,11,14H,2,4,6-10,12-13H2,1H3,(H2,17,18,19);1H. The molecule has 8 heteroatoms. The number of ether oxygens (including phenoxy) is 3. The molecular weight excluding hydrogens is 441 g/mol. The maximum atomic E-state index is 5.65. The number of nitrogens with one attached hydrogen (secondary N) is 2. The van der Waals surface area contributed by atoms with E-state index in [0.29, 0.717) is 26.4 Å². The van der Waals surface area contributed by atoms with Gasteiger partial charge in [-0.2, -0.15) is 0 Å². The average Bonchev–Trinajstić information content (AvgIpc) is 3.25. The molecule has 0 aliphatic carbocycles. The molecule has 1 aliphatic heterocycles. The molecule has 1 fully saturated rings. The van der Waals surface area contributed by atoms with Gasteiger partial charge in [-0.1, -0.05) is 6.07 Å². The van der Waals surface area contributed by atoms with E-state index in [1.807, 2.05) is 6.07 Å². The molecule has 6 nitrogen and oxygen atoms in total. The highest BCUT2D eigenvalue weighted by Crippen LogP contribution is 2.11. The van der Waals surface area contributed by atoms with Gasteiger partial charge in [0.05, 0.1) is 32.5 Å². The predicted octanol–water partition coefficient (Wildman–Crippen LogP) is 2.24. The molecule has 0 saturated carbocycles. The second-order valence-corrected chi connectivity index (χ2v) is 6.33. The van der Waals surface area contributed by atoms with Gasteiger partial charge in [0, 0.05) is 31.7 Å². The maximum Gasteiger partial charge on any atom is 0.191 e. The van der Waals surface area contributed by atoms with Crippen LogP contribution in [0.15, 0.2) is 22.5 Å². The van der Waals surface area contributed by atoms with Crippen LogP contribution < -0.4 is 10.6 Å². The number of guanidine groups is 1. The molecule has 2 heterocycles. The quantitative estimate of drug-likeness (QED) is 0.238. The molecule has 0 spiro atoms. The van der Waals surface area contributed by atoms with Crippen molar-refractivity contribution in [2.75, 3.05) is 46.6 Å². The van der Waals surface area contributed by atoms with E-state index in [1.165, 1.54) is 4.88 Å². The normalized spacial score (nSPS) is 17.5. The van der Waals surface area contributed by atoms with Gasteiger partial charge < -0.3 is 24.8 Å². The lowest BCUT2D eigenvalue weighted by atomic mass is 10.2. The van der Waals surface area contributed by atoms with Gasteiger partial charge in [-0.15, -0.1) is 35.3 Å². The Morgan fingerprint density at radius 3 is 2.88 bits per heavy atom. The fourth-order valence-electron chi connectivity index (χ4n) is 2.24. The Morgan fingerprint density at radius 1 is 1.38 bits per heavy atom. The summed E-state index contributed by atoms with van der Waals surface area (Å²) in [5.41, 5.74) is 0. The molecule has 1 unspecified atom stereocenters. The lowest BCUT2D eigenvalue weighted by Crippen LogP contribution is -2.40. The van der Waals surface area contributed by atoms with Crippen molar-refractivity contribution in [1.82, 2.24) is 10.6 Å². The Kier molecular flexibility index (Phi) is 12.5. The van der Waals surface area contributed by atoms with Crippen molar-refractivity contribution in [3.8, 4) is 0 Å². The molecule has 1 aromatic heterocycles. The summed E-state index contributed by atoms with van der Waals surface area (Å²) in [5, 5.41) is 8.61. The number of thiophene rings is 1. The molecule has 1 atom stereocenters. The SMILES string of the molecule is COCCNC(=NCc1cccs1)NCCOCC1CCCO1.I. The van der Waals surface area contributed by atoms with Crippen molar-refractivity contribution in [2.24, 2.45) is 4.99 Å². The highest BCUT2D eigenvalue weighted by Gasteiger charge is 2.14. The summed E-state index contributed by atoms with van der Waals surface area (Å²) in [5.74, 6) is 0.788. The Bertz CT molecular complexity index is 440. The molecule has 2 rings (SSSR count). The molecule has 2 N–H and O–H groups in total. The van der Waals surface area contributed by atoms with Gasteiger partial charge in [0.25, 0.3) is 0 Å². The highest BCUT2D eigenvalue weighted by molar-refractivity contribution is 14.0. The molecule has 0 radical (unpaired) electrons. The summed E-state index contributed by atoms with van der Waals surface area (Å²) in [4.78, 5) is 5.83. The number of rotatable bonds is 10. The minimum Gasteiger partial charge on any atom is -0.383 e. The van der Waals surface area contributed by atoms with E-state index in [-0.39, 0.29) is 30.1 Å². The fraction of sp³-hybridized carbons (Fsp3) is 0.688. The number of hydrogen-bond donors (Lipinski definition) is 2. The minimum atomic E-state index is 0. The van der Waals surface area contributed by atoms with E-state index < -0.39 is 0 Å². The fourth-order valence-corrected chi connectivity index (χ4v) is 2.87. The highest BCUT2D eigenvalue weighted by atomic mass is 127. The van der Waals surface area contributed by atoms with Crippen molar-refractivity contribution < 1.29 is 14.2 Å². The van der Waals surface area contributed by atoms with Crippen LogP contribution in [0.5, 0.6) is 0 Å². The van der Waals surface area contributed by atoms with Gasteiger partial charge in [0.1, 0.15) is 0 Å². The molecule has 1 saturated heterocycles. The van der Waals surface area contributed by atoms with E-state index in [4.69, 9.17) is 14.2 Å². The number of halogens is 1. The van der Waals surface area contributed by atoms with Crippen LogP contribution in [0, 0.1) is 0 Å². The Balaban J connectivity index is 0.00000288. The predicted molar refractivity (Wildman–Crippen MR) is 109 cm³/mol. The molecule has 1 aromatic rings. The molecular formula is C16H28IN3O3S. The third kappa shape index (κ3) is 9.16. The number of nitrogens with zero attached hydrogens (tertiary/aromatic N) is 1.